The minimum absolute atomic E-state index is 0. The molecule has 43 heavy (non-hydrogen) atoms. The first-order valence-electron chi connectivity index (χ1n) is 15.2. The summed E-state index contributed by atoms with van der Waals surface area (Å²) in [4.78, 5) is 0. The van der Waals surface area contributed by atoms with Crippen LogP contribution in [0.3, 0.4) is 0 Å². The third-order valence-electron chi connectivity index (χ3n) is 7.26. The zero-order valence-electron chi connectivity index (χ0n) is 25.7. The van der Waals surface area contributed by atoms with E-state index in [0.29, 0.717) is 5.92 Å². The van der Waals surface area contributed by atoms with Gasteiger partial charge in [0.15, 0.2) is 0 Å². The number of aryl methyl sites for hydroxylation is 1. The van der Waals surface area contributed by atoms with Gasteiger partial charge in [0, 0.05) is 6.42 Å². The van der Waals surface area contributed by atoms with Gasteiger partial charge in [-0.2, -0.15) is 12.5 Å². The van der Waals surface area contributed by atoms with Gasteiger partial charge in [0.1, 0.15) is 23.4 Å². The monoisotopic (exact) mass is 1020 g/mol. The van der Waals surface area contributed by atoms with E-state index in [2.05, 4.69) is 112 Å². The van der Waals surface area contributed by atoms with Crippen molar-refractivity contribution in [2.24, 2.45) is 11.8 Å². The number of ether oxygens (including phenoxy) is 2. The maximum absolute atomic E-state index is 6.30. The first kappa shape index (κ1) is 37.5. The molecule has 2 aromatic rings. The fourth-order valence-corrected chi connectivity index (χ4v) is 5.02. The molecule has 2 aromatic carbocycles. The van der Waals surface area contributed by atoms with E-state index in [0.717, 1.165) is 61.7 Å². The molecule has 0 saturated carbocycles. The van der Waals surface area contributed by atoms with Gasteiger partial charge in [-0.05, 0) is 67.7 Å². The summed E-state index contributed by atoms with van der Waals surface area (Å²) in [6.07, 6.45) is 38.0. The van der Waals surface area contributed by atoms with Crippen LogP contribution in [0.25, 0.3) is 0 Å². The van der Waals surface area contributed by atoms with E-state index in [-0.39, 0.29) is 68.3 Å². The van der Waals surface area contributed by atoms with Gasteiger partial charge in [-0.1, -0.05) is 55.9 Å². The molecular formula is C39H44O2U2. The SMILES string of the molecule is CC1C=C[C-]=CC1.Cc1cccc(OC2=CC(Oc3cccc(CC4C=C[CH-]CC4)c3)CCC2)c1.[C-]1=C[CH-]CC=C1.[U+2].[U+2]. The van der Waals surface area contributed by atoms with Gasteiger partial charge in [0.25, 0.3) is 0 Å². The number of hydrogen-bond donors (Lipinski definition) is 0. The molecule has 3 atom stereocenters. The van der Waals surface area contributed by atoms with E-state index >= 15 is 0 Å². The number of hydrogen-bond acceptors (Lipinski definition) is 2. The van der Waals surface area contributed by atoms with Crippen LogP contribution in [0.4, 0.5) is 0 Å². The van der Waals surface area contributed by atoms with Crippen LogP contribution in [0.2, 0.25) is 0 Å². The number of rotatable bonds is 6. The predicted molar refractivity (Wildman–Crippen MR) is 171 cm³/mol. The largest absolute Gasteiger partial charge is 2.00 e. The first-order valence-corrected chi connectivity index (χ1v) is 15.2. The molecule has 0 heterocycles. The molecule has 3 unspecified atom stereocenters. The topological polar surface area (TPSA) is 18.5 Å². The Bertz CT molecular complexity index is 1240. The molecule has 0 amide bonds. The Morgan fingerprint density at radius 3 is 2.42 bits per heavy atom. The summed E-state index contributed by atoms with van der Waals surface area (Å²) in [5.41, 5.74) is 2.56. The molecule has 0 saturated heterocycles. The molecule has 0 N–H and O–H groups in total. The minimum Gasteiger partial charge on any atom is -0.486 e. The van der Waals surface area contributed by atoms with Gasteiger partial charge in [-0.3, -0.25) is 18.2 Å². The Morgan fingerprint density at radius 2 is 1.79 bits per heavy atom. The molecule has 2 nitrogen and oxygen atoms in total. The van der Waals surface area contributed by atoms with Gasteiger partial charge in [0.05, 0.1) is 0 Å². The maximum Gasteiger partial charge on any atom is 2.00 e. The van der Waals surface area contributed by atoms with Crippen molar-refractivity contribution >= 4 is 0 Å². The molecule has 220 valence electrons. The van der Waals surface area contributed by atoms with E-state index in [4.69, 9.17) is 9.47 Å². The van der Waals surface area contributed by atoms with E-state index < -0.39 is 0 Å². The van der Waals surface area contributed by atoms with Gasteiger partial charge in [0.2, 0.25) is 0 Å². The molecule has 0 aliphatic heterocycles. The molecule has 0 radical (unpaired) electrons. The van der Waals surface area contributed by atoms with Gasteiger partial charge in [-0.25, -0.2) is 30.7 Å². The second kappa shape index (κ2) is 21.9. The predicted octanol–water partition coefficient (Wildman–Crippen LogP) is 10.1. The number of allylic oxidation sites excluding steroid dienone is 11. The fourth-order valence-electron chi connectivity index (χ4n) is 5.02. The first-order chi connectivity index (χ1) is 20.1. The molecule has 4 heteroatoms. The van der Waals surface area contributed by atoms with Gasteiger partial charge in [-0.15, -0.1) is 6.42 Å². The van der Waals surface area contributed by atoms with Gasteiger partial charge < -0.3 is 28.0 Å². The summed E-state index contributed by atoms with van der Waals surface area (Å²) in [5.74, 6) is 4.26. The molecule has 0 aromatic heterocycles. The average Bonchev–Trinajstić information content (AvgIpc) is 3.00. The normalized spacial score (nSPS) is 21.1. The molecule has 0 bridgehead atoms. The Labute approximate surface area is 308 Å². The average molecular weight is 1020 g/mol. The third-order valence-corrected chi connectivity index (χ3v) is 7.26. The van der Waals surface area contributed by atoms with Crippen molar-refractivity contribution in [1.29, 1.82) is 0 Å². The molecule has 0 fully saturated rings. The van der Waals surface area contributed by atoms with Crippen molar-refractivity contribution < 1.29 is 71.7 Å². The summed E-state index contributed by atoms with van der Waals surface area (Å²) in [7, 11) is 0. The van der Waals surface area contributed by atoms with Crippen molar-refractivity contribution in [2.45, 2.75) is 71.3 Å². The van der Waals surface area contributed by atoms with Crippen LogP contribution in [0, 0.1) is 106 Å². The third kappa shape index (κ3) is 15.2. The van der Waals surface area contributed by atoms with E-state index in [9.17, 15) is 0 Å². The smallest absolute Gasteiger partial charge is 0.486 e. The fraction of sp³-hybridized carbons (Fsp3) is 0.333. The Balaban J connectivity index is 0.000000355. The molecular weight excluding hydrogens is 976 g/mol. The summed E-state index contributed by atoms with van der Waals surface area (Å²) in [6.45, 7) is 4.29. The maximum atomic E-state index is 6.30. The van der Waals surface area contributed by atoms with Crippen LogP contribution in [0.15, 0.2) is 109 Å². The van der Waals surface area contributed by atoms with E-state index in [1.54, 1.807) is 0 Å². The Hall–Kier alpha value is -1.68. The number of benzene rings is 2. The van der Waals surface area contributed by atoms with Crippen LogP contribution >= 0.6 is 0 Å². The molecule has 4 aliphatic rings. The summed E-state index contributed by atoms with van der Waals surface area (Å²) >= 11 is 0. The standard InChI is InChI=1S/C26H29O2.C7H9.C6H6.2U/c1-20-8-5-12-23(16-20)27-25-14-7-15-26(19-25)28-24-13-6-11-22(18-24)17-21-9-3-2-4-10-21;1-7-5-3-2-4-6-7;1-2-4-6-5-3-1;;/h2-3,5-6,8-9,11-13,16,18-19,21,26H,4,7,10,14-15,17H2,1H3;3-5,7H,6H2,1H3;1-2,5-6H,3H2;;/q2*-1;-2;2*+2. The van der Waals surface area contributed by atoms with Gasteiger partial charge >= 0.3 is 62.2 Å². The Morgan fingerprint density at radius 1 is 0.930 bits per heavy atom. The summed E-state index contributed by atoms with van der Waals surface area (Å²) in [5, 5.41) is 0. The zero-order valence-corrected chi connectivity index (χ0v) is 34.0. The quantitative estimate of drug-likeness (QED) is 0.269. The second-order valence-corrected chi connectivity index (χ2v) is 11.1. The summed E-state index contributed by atoms with van der Waals surface area (Å²) < 4.78 is 12.4. The molecule has 0 spiro atoms. The van der Waals surface area contributed by atoms with Crippen molar-refractivity contribution in [3.63, 3.8) is 0 Å². The van der Waals surface area contributed by atoms with Crippen molar-refractivity contribution in [3.8, 4) is 11.5 Å². The van der Waals surface area contributed by atoms with Crippen molar-refractivity contribution in [2.75, 3.05) is 0 Å². The van der Waals surface area contributed by atoms with Crippen molar-refractivity contribution in [1.82, 2.24) is 0 Å². The molecule has 6 rings (SSSR count). The van der Waals surface area contributed by atoms with Crippen LogP contribution in [-0.2, 0) is 6.42 Å². The van der Waals surface area contributed by atoms with Crippen LogP contribution in [-0.4, -0.2) is 6.10 Å². The van der Waals surface area contributed by atoms with E-state index in [1.807, 2.05) is 30.4 Å². The molecule has 4 aliphatic carbocycles. The second-order valence-electron chi connectivity index (χ2n) is 11.1. The van der Waals surface area contributed by atoms with Crippen LogP contribution < -0.4 is 9.47 Å². The van der Waals surface area contributed by atoms with E-state index in [1.165, 1.54) is 24.0 Å². The van der Waals surface area contributed by atoms with Crippen LogP contribution in [0.1, 0.15) is 63.0 Å². The van der Waals surface area contributed by atoms with Crippen LogP contribution in [0.5, 0.6) is 11.5 Å². The Kier molecular flexibility index (Phi) is 19.1. The summed E-state index contributed by atoms with van der Waals surface area (Å²) in [6, 6.07) is 16.8. The minimum atomic E-state index is 0. The zero-order chi connectivity index (χ0) is 28.5. The van der Waals surface area contributed by atoms with Crippen molar-refractivity contribution in [3.05, 3.63) is 145 Å².